The van der Waals surface area contributed by atoms with Gasteiger partial charge in [0.05, 0.1) is 12.0 Å². The van der Waals surface area contributed by atoms with Crippen LogP contribution in [0.15, 0.2) is 0 Å². The fraction of sp³-hybridized carbons (Fsp3) is 0.833. The number of aliphatic carboxylic acids is 1. The normalized spacial score (nSPS) is 19.6. The van der Waals surface area contributed by atoms with E-state index in [1.165, 1.54) is 0 Å². The molecule has 0 aromatic rings. The van der Waals surface area contributed by atoms with Crippen LogP contribution in [0.3, 0.4) is 0 Å². The van der Waals surface area contributed by atoms with E-state index in [4.69, 9.17) is 10.8 Å². The van der Waals surface area contributed by atoms with E-state index in [9.17, 15) is 9.59 Å². The van der Waals surface area contributed by atoms with Gasteiger partial charge in [0, 0.05) is 19.0 Å². The number of hydrogen-bond acceptors (Lipinski definition) is 3. The lowest BCUT2D eigenvalue weighted by atomic mass is 9.86. The molecule has 1 aliphatic heterocycles. The highest BCUT2D eigenvalue weighted by molar-refractivity contribution is 5.82. The number of hydrogen-bond donors (Lipinski definition) is 2. The van der Waals surface area contributed by atoms with Crippen LogP contribution in [0.4, 0.5) is 0 Å². The second-order valence-corrected chi connectivity index (χ2v) is 4.88. The van der Waals surface area contributed by atoms with Crippen LogP contribution < -0.4 is 5.73 Å². The monoisotopic (exact) mass is 242 g/mol. The Morgan fingerprint density at radius 2 is 2.06 bits per heavy atom. The first-order valence-electron chi connectivity index (χ1n) is 6.24. The van der Waals surface area contributed by atoms with Crippen LogP contribution in [0.1, 0.15) is 33.1 Å². The molecule has 5 nitrogen and oxygen atoms in total. The van der Waals surface area contributed by atoms with E-state index in [2.05, 4.69) is 6.92 Å². The Morgan fingerprint density at radius 1 is 1.47 bits per heavy atom. The summed E-state index contributed by atoms with van der Waals surface area (Å²) in [5.41, 5.74) is 5.79. The minimum absolute atomic E-state index is 0.0349. The quantitative estimate of drug-likeness (QED) is 0.717. The van der Waals surface area contributed by atoms with Gasteiger partial charge in [-0.3, -0.25) is 9.59 Å². The molecule has 0 bridgehead atoms. The van der Waals surface area contributed by atoms with E-state index < -0.39 is 12.0 Å². The van der Waals surface area contributed by atoms with Gasteiger partial charge in [0.2, 0.25) is 5.91 Å². The van der Waals surface area contributed by atoms with Crippen molar-refractivity contribution in [3.8, 4) is 0 Å². The predicted molar refractivity (Wildman–Crippen MR) is 64.4 cm³/mol. The largest absolute Gasteiger partial charge is 0.481 e. The van der Waals surface area contributed by atoms with Crippen molar-refractivity contribution in [1.29, 1.82) is 0 Å². The molecule has 17 heavy (non-hydrogen) atoms. The molecule has 0 aliphatic carbocycles. The maximum Gasteiger partial charge on any atom is 0.306 e. The second-order valence-electron chi connectivity index (χ2n) is 4.88. The molecule has 0 radical (unpaired) electrons. The summed E-state index contributed by atoms with van der Waals surface area (Å²) in [6.45, 7) is 4.81. The molecule has 5 heteroatoms. The van der Waals surface area contributed by atoms with Crippen LogP contribution in [-0.2, 0) is 9.59 Å². The molecule has 1 unspecified atom stereocenters. The molecule has 1 amide bonds. The summed E-state index contributed by atoms with van der Waals surface area (Å²) in [4.78, 5) is 24.3. The summed E-state index contributed by atoms with van der Waals surface area (Å²) in [5, 5.41) is 8.84. The van der Waals surface area contributed by atoms with Gasteiger partial charge in [-0.1, -0.05) is 26.7 Å². The molecule has 1 rings (SSSR count). The smallest absolute Gasteiger partial charge is 0.306 e. The van der Waals surface area contributed by atoms with Crippen LogP contribution in [0.25, 0.3) is 0 Å². The molecule has 98 valence electrons. The molecule has 1 heterocycles. The van der Waals surface area contributed by atoms with E-state index in [1.807, 2.05) is 0 Å². The molecule has 0 aromatic heterocycles. The van der Waals surface area contributed by atoms with Crippen molar-refractivity contribution >= 4 is 11.9 Å². The van der Waals surface area contributed by atoms with Crippen LogP contribution in [0.5, 0.6) is 0 Å². The van der Waals surface area contributed by atoms with E-state index in [0.717, 1.165) is 12.8 Å². The van der Waals surface area contributed by atoms with Gasteiger partial charge in [-0.05, 0) is 6.42 Å². The average Bonchev–Trinajstić information content (AvgIpc) is 2.23. The maximum absolute atomic E-state index is 11.8. The van der Waals surface area contributed by atoms with Crippen LogP contribution in [-0.4, -0.2) is 41.0 Å². The molecule has 1 aliphatic rings. The minimum Gasteiger partial charge on any atom is -0.481 e. The highest BCUT2D eigenvalue weighted by Crippen LogP contribution is 2.24. The molecule has 2 atom stereocenters. The first kappa shape index (κ1) is 14.0. The fourth-order valence-electron chi connectivity index (χ4n) is 1.99. The molecule has 0 spiro atoms. The Hall–Kier alpha value is -1.10. The Balaban J connectivity index is 2.32. The van der Waals surface area contributed by atoms with Gasteiger partial charge in [0.1, 0.15) is 0 Å². The molecular weight excluding hydrogens is 220 g/mol. The van der Waals surface area contributed by atoms with E-state index in [1.54, 1.807) is 11.8 Å². The van der Waals surface area contributed by atoms with Gasteiger partial charge in [0.15, 0.2) is 0 Å². The number of carboxylic acids is 1. The third-order valence-corrected chi connectivity index (χ3v) is 3.50. The van der Waals surface area contributed by atoms with Crippen LogP contribution in [0.2, 0.25) is 0 Å². The molecule has 1 fully saturated rings. The van der Waals surface area contributed by atoms with Gasteiger partial charge in [-0.25, -0.2) is 0 Å². The molecule has 0 aromatic carbocycles. The van der Waals surface area contributed by atoms with Crippen molar-refractivity contribution in [2.24, 2.45) is 17.6 Å². The second kappa shape index (κ2) is 6.00. The lowest BCUT2D eigenvalue weighted by Gasteiger charge is -2.42. The summed E-state index contributed by atoms with van der Waals surface area (Å²) in [6.07, 6.45) is 2.69. The maximum atomic E-state index is 11.8. The van der Waals surface area contributed by atoms with Crippen molar-refractivity contribution in [2.45, 2.75) is 39.2 Å². The first-order valence-corrected chi connectivity index (χ1v) is 6.24. The van der Waals surface area contributed by atoms with Crippen molar-refractivity contribution in [3.63, 3.8) is 0 Å². The number of nitrogens with zero attached hydrogens (tertiary/aromatic N) is 1. The predicted octanol–water partition coefficient (Wildman–Crippen LogP) is 0.683. The summed E-state index contributed by atoms with van der Waals surface area (Å²) in [5.74, 6) is -1.13. The zero-order valence-corrected chi connectivity index (χ0v) is 10.6. The summed E-state index contributed by atoms with van der Waals surface area (Å²) in [6, 6.07) is -0.420. The lowest BCUT2D eigenvalue weighted by Crippen LogP contribution is -2.57. The number of amides is 1. The van der Waals surface area contributed by atoms with E-state index in [-0.39, 0.29) is 17.7 Å². The van der Waals surface area contributed by atoms with Crippen molar-refractivity contribution in [1.82, 2.24) is 4.90 Å². The van der Waals surface area contributed by atoms with Gasteiger partial charge >= 0.3 is 5.97 Å². The van der Waals surface area contributed by atoms with Crippen LogP contribution in [0, 0.1) is 11.8 Å². The number of carbonyl (C=O) groups is 2. The number of likely N-dealkylation sites (tertiary alicyclic amines) is 1. The zero-order valence-electron chi connectivity index (χ0n) is 10.6. The highest BCUT2D eigenvalue weighted by atomic mass is 16.4. The third kappa shape index (κ3) is 3.43. The van der Waals surface area contributed by atoms with E-state index in [0.29, 0.717) is 19.5 Å². The van der Waals surface area contributed by atoms with Crippen molar-refractivity contribution in [2.75, 3.05) is 13.1 Å². The summed E-state index contributed by atoms with van der Waals surface area (Å²) in [7, 11) is 0. The first-order chi connectivity index (χ1) is 7.97. The van der Waals surface area contributed by atoms with Gasteiger partial charge in [-0.15, -0.1) is 0 Å². The number of unbranched alkanes of at least 4 members (excludes halogenated alkanes) is 1. The third-order valence-electron chi connectivity index (χ3n) is 3.50. The average molecular weight is 242 g/mol. The minimum atomic E-state index is -0.794. The van der Waals surface area contributed by atoms with Crippen molar-refractivity contribution in [3.05, 3.63) is 0 Å². The fourth-order valence-corrected chi connectivity index (χ4v) is 1.99. The number of rotatable bonds is 6. The summed E-state index contributed by atoms with van der Waals surface area (Å²) < 4.78 is 0. The van der Waals surface area contributed by atoms with Crippen molar-refractivity contribution < 1.29 is 14.7 Å². The van der Waals surface area contributed by atoms with Gasteiger partial charge < -0.3 is 15.7 Å². The lowest BCUT2D eigenvalue weighted by molar-refractivity contribution is -0.151. The van der Waals surface area contributed by atoms with E-state index >= 15 is 0 Å². The number of nitrogens with two attached hydrogens (primary N) is 1. The Labute approximate surface area is 102 Å². The molecular formula is C12H22N2O3. The molecule has 0 saturated carbocycles. The SMILES string of the molecule is CCCC[C@H](N)C(=O)N1CC(C(C)C(=O)O)C1. The molecule has 3 N–H and O–H groups in total. The topological polar surface area (TPSA) is 83.6 Å². The van der Waals surface area contributed by atoms with Gasteiger partial charge in [-0.2, -0.15) is 0 Å². The van der Waals surface area contributed by atoms with Gasteiger partial charge in [0.25, 0.3) is 0 Å². The molecule has 1 saturated heterocycles. The highest BCUT2D eigenvalue weighted by Gasteiger charge is 2.38. The summed E-state index contributed by atoms with van der Waals surface area (Å²) >= 11 is 0. The van der Waals surface area contributed by atoms with Crippen LogP contribution >= 0.6 is 0 Å². The number of carboxylic acid groups (broad SMARTS) is 1. The standard InChI is InChI=1S/C12H22N2O3/c1-3-4-5-10(13)11(15)14-6-9(7-14)8(2)12(16)17/h8-10H,3-7,13H2,1-2H3,(H,16,17)/t8?,10-/m0/s1. The Bertz CT molecular complexity index is 287. The Morgan fingerprint density at radius 3 is 2.53 bits per heavy atom. The number of carbonyl (C=O) groups excluding carboxylic acids is 1. The Kier molecular flexibility index (Phi) is 4.93. The zero-order chi connectivity index (χ0) is 13.0.